The molecule has 0 fully saturated rings. The van der Waals surface area contributed by atoms with Gasteiger partial charge in [0.25, 0.3) is 0 Å². The third kappa shape index (κ3) is 3.25. The Balaban J connectivity index is 1.62. The molecule has 1 aliphatic rings. The van der Waals surface area contributed by atoms with Gasteiger partial charge in [-0.05, 0) is 31.2 Å². The van der Waals surface area contributed by atoms with Crippen molar-refractivity contribution < 1.29 is 0 Å². The molecule has 0 bridgehead atoms. The second-order valence-electron chi connectivity index (χ2n) is 6.72. The molecule has 0 saturated heterocycles. The highest BCUT2D eigenvalue weighted by molar-refractivity contribution is 6.33. The summed E-state index contributed by atoms with van der Waals surface area (Å²) in [5.41, 5.74) is 6.43. The van der Waals surface area contributed by atoms with Crippen LogP contribution >= 0.6 is 11.6 Å². The first-order valence-corrected chi connectivity index (χ1v) is 8.86. The third-order valence-corrected chi connectivity index (χ3v) is 4.84. The van der Waals surface area contributed by atoms with Crippen molar-refractivity contribution in [2.75, 3.05) is 17.7 Å². The van der Waals surface area contributed by atoms with Crippen molar-refractivity contribution >= 4 is 34.5 Å². The molecule has 3 heterocycles. The average molecular weight is 369 g/mol. The first-order chi connectivity index (χ1) is 12.5. The summed E-state index contributed by atoms with van der Waals surface area (Å²) in [4.78, 5) is 6.68. The Labute approximate surface area is 157 Å². The minimum Gasteiger partial charge on any atom is -0.354 e. The fourth-order valence-electron chi connectivity index (χ4n) is 3.31. The van der Waals surface area contributed by atoms with Gasteiger partial charge in [0.2, 0.25) is 0 Å². The number of aryl methyl sites for hydroxylation is 2. The number of halogens is 1. The van der Waals surface area contributed by atoms with Crippen LogP contribution in [-0.4, -0.2) is 26.7 Å². The predicted molar refractivity (Wildman–Crippen MR) is 105 cm³/mol. The van der Waals surface area contributed by atoms with Gasteiger partial charge in [0.1, 0.15) is 5.82 Å². The van der Waals surface area contributed by atoms with Crippen molar-refractivity contribution in [3.63, 3.8) is 0 Å². The Morgan fingerprint density at radius 1 is 1.08 bits per heavy atom. The number of hydrogen-bond donors (Lipinski definition) is 2. The number of rotatable bonds is 4. The molecule has 26 heavy (non-hydrogen) atoms. The summed E-state index contributed by atoms with van der Waals surface area (Å²) in [7, 11) is 4.02. The Bertz CT molecular complexity index is 965. The quantitative estimate of drug-likeness (QED) is 0.722. The number of aromatic nitrogens is 3. The molecule has 0 atom stereocenters. The molecule has 6 nitrogen and oxygen atoms in total. The standard InChI is InChI=1S/C19H21ClN6/c1-12-18(11-26(3)24-12)23-19-7-17(15(20)8-21-19)22-16-6-4-5-13-9-25(2)10-14(13)16/h4-8,11H,9-10H2,1-3H3,(H2,21,22,23). The van der Waals surface area contributed by atoms with Crippen molar-refractivity contribution in [2.45, 2.75) is 20.0 Å². The number of anilines is 4. The maximum absolute atomic E-state index is 6.38. The summed E-state index contributed by atoms with van der Waals surface area (Å²) >= 11 is 6.38. The summed E-state index contributed by atoms with van der Waals surface area (Å²) in [6.07, 6.45) is 3.59. The van der Waals surface area contributed by atoms with Crippen LogP contribution in [0.3, 0.4) is 0 Å². The van der Waals surface area contributed by atoms with E-state index in [1.54, 1.807) is 10.9 Å². The molecule has 2 aromatic heterocycles. The van der Waals surface area contributed by atoms with E-state index < -0.39 is 0 Å². The number of nitrogens with one attached hydrogen (secondary N) is 2. The zero-order valence-corrected chi connectivity index (χ0v) is 15.8. The smallest absolute Gasteiger partial charge is 0.132 e. The van der Waals surface area contributed by atoms with Gasteiger partial charge in [0.15, 0.2) is 0 Å². The van der Waals surface area contributed by atoms with Crippen molar-refractivity contribution in [3.05, 3.63) is 58.5 Å². The van der Waals surface area contributed by atoms with Gasteiger partial charge in [-0.3, -0.25) is 9.58 Å². The van der Waals surface area contributed by atoms with Crippen LogP contribution in [-0.2, 0) is 20.1 Å². The van der Waals surface area contributed by atoms with Crippen LogP contribution in [0.25, 0.3) is 0 Å². The molecular formula is C19H21ClN6. The lowest BCUT2D eigenvalue weighted by Crippen LogP contribution is -2.08. The number of pyridine rings is 1. The molecule has 0 saturated carbocycles. The number of benzene rings is 1. The molecule has 0 radical (unpaired) electrons. The topological polar surface area (TPSA) is 58.0 Å². The van der Waals surface area contributed by atoms with E-state index in [9.17, 15) is 0 Å². The molecule has 2 N–H and O–H groups in total. The van der Waals surface area contributed by atoms with Crippen molar-refractivity contribution in [3.8, 4) is 0 Å². The van der Waals surface area contributed by atoms with Crippen LogP contribution in [0.15, 0.2) is 36.7 Å². The third-order valence-electron chi connectivity index (χ3n) is 4.54. The van der Waals surface area contributed by atoms with E-state index in [2.05, 4.69) is 50.9 Å². The van der Waals surface area contributed by atoms with Gasteiger partial charge < -0.3 is 10.6 Å². The largest absolute Gasteiger partial charge is 0.354 e. The van der Waals surface area contributed by atoms with E-state index in [1.165, 1.54) is 11.1 Å². The molecule has 0 aliphatic carbocycles. The first kappa shape index (κ1) is 16.9. The zero-order valence-electron chi connectivity index (χ0n) is 15.0. The van der Waals surface area contributed by atoms with Gasteiger partial charge in [0, 0.05) is 38.1 Å². The van der Waals surface area contributed by atoms with E-state index in [4.69, 9.17) is 11.6 Å². The summed E-state index contributed by atoms with van der Waals surface area (Å²) in [6.45, 7) is 3.87. The highest BCUT2D eigenvalue weighted by Gasteiger charge is 2.19. The maximum Gasteiger partial charge on any atom is 0.132 e. The maximum atomic E-state index is 6.38. The van der Waals surface area contributed by atoms with Crippen LogP contribution in [0.4, 0.5) is 22.9 Å². The molecule has 134 valence electrons. The second-order valence-corrected chi connectivity index (χ2v) is 7.12. The minimum absolute atomic E-state index is 0.586. The van der Waals surface area contributed by atoms with Crippen LogP contribution in [0.2, 0.25) is 5.02 Å². The Kier molecular flexibility index (Phi) is 4.30. The van der Waals surface area contributed by atoms with E-state index in [0.29, 0.717) is 5.02 Å². The Morgan fingerprint density at radius 2 is 1.92 bits per heavy atom. The van der Waals surface area contributed by atoms with E-state index in [1.807, 2.05) is 26.2 Å². The van der Waals surface area contributed by atoms with Crippen LogP contribution in [0.1, 0.15) is 16.8 Å². The summed E-state index contributed by atoms with van der Waals surface area (Å²) < 4.78 is 1.77. The number of fused-ring (bicyclic) bond motifs is 1. The minimum atomic E-state index is 0.586. The average Bonchev–Trinajstić information content (AvgIpc) is 3.12. The van der Waals surface area contributed by atoms with Gasteiger partial charge in [-0.1, -0.05) is 23.7 Å². The highest BCUT2D eigenvalue weighted by Crippen LogP contribution is 2.33. The lowest BCUT2D eigenvalue weighted by Gasteiger charge is -2.14. The molecule has 1 aliphatic heterocycles. The van der Waals surface area contributed by atoms with E-state index in [-0.39, 0.29) is 0 Å². The van der Waals surface area contributed by atoms with Crippen LogP contribution in [0.5, 0.6) is 0 Å². The Hall–Kier alpha value is -2.57. The molecule has 3 aromatic rings. The highest BCUT2D eigenvalue weighted by atomic mass is 35.5. The van der Waals surface area contributed by atoms with Gasteiger partial charge in [0.05, 0.1) is 28.3 Å². The number of nitrogens with zero attached hydrogens (tertiary/aromatic N) is 4. The second kappa shape index (κ2) is 6.63. The molecular weight excluding hydrogens is 348 g/mol. The van der Waals surface area contributed by atoms with Crippen LogP contribution < -0.4 is 10.6 Å². The summed E-state index contributed by atoms with van der Waals surface area (Å²) in [5, 5.41) is 11.7. The van der Waals surface area contributed by atoms with Crippen LogP contribution in [0, 0.1) is 6.92 Å². The first-order valence-electron chi connectivity index (χ1n) is 8.49. The fraction of sp³-hybridized carbons (Fsp3) is 0.263. The van der Waals surface area contributed by atoms with Gasteiger partial charge in [-0.2, -0.15) is 5.10 Å². The van der Waals surface area contributed by atoms with Gasteiger partial charge in [-0.15, -0.1) is 0 Å². The normalized spacial score (nSPS) is 13.7. The SMILES string of the molecule is Cc1nn(C)cc1Nc1cc(Nc2cccc3c2CN(C)C3)c(Cl)cn1. The molecule has 0 amide bonds. The fourth-order valence-corrected chi connectivity index (χ4v) is 3.46. The molecule has 0 unspecified atom stereocenters. The molecule has 1 aromatic carbocycles. The summed E-state index contributed by atoms with van der Waals surface area (Å²) in [5.74, 6) is 0.720. The lowest BCUT2D eigenvalue weighted by atomic mass is 10.1. The summed E-state index contributed by atoms with van der Waals surface area (Å²) in [6, 6.07) is 8.27. The van der Waals surface area contributed by atoms with Crippen molar-refractivity contribution in [1.82, 2.24) is 19.7 Å². The molecule has 0 spiro atoms. The van der Waals surface area contributed by atoms with E-state index in [0.717, 1.165) is 41.7 Å². The van der Waals surface area contributed by atoms with Crippen molar-refractivity contribution in [1.29, 1.82) is 0 Å². The monoisotopic (exact) mass is 368 g/mol. The lowest BCUT2D eigenvalue weighted by molar-refractivity contribution is 0.353. The Morgan fingerprint density at radius 3 is 2.69 bits per heavy atom. The number of hydrogen-bond acceptors (Lipinski definition) is 5. The van der Waals surface area contributed by atoms with E-state index >= 15 is 0 Å². The predicted octanol–water partition coefficient (Wildman–Crippen LogP) is 4.21. The van der Waals surface area contributed by atoms with Gasteiger partial charge in [-0.25, -0.2) is 4.98 Å². The van der Waals surface area contributed by atoms with Crippen molar-refractivity contribution in [2.24, 2.45) is 7.05 Å². The molecule has 4 rings (SSSR count). The van der Waals surface area contributed by atoms with Gasteiger partial charge >= 0.3 is 0 Å². The zero-order chi connectivity index (χ0) is 18.3. The molecule has 7 heteroatoms.